The van der Waals surface area contributed by atoms with Crippen molar-refractivity contribution in [3.63, 3.8) is 0 Å². The molecule has 0 heterocycles. The summed E-state index contributed by atoms with van der Waals surface area (Å²) < 4.78 is 68.4. The molecular formula is C75H146O17P2. The fraction of sp³-hybridized carbons (Fsp3) is 0.947. The Bertz CT molecular complexity index is 1850. The van der Waals surface area contributed by atoms with Crippen molar-refractivity contribution < 1.29 is 80.2 Å². The predicted molar refractivity (Wildman–Crippen MR) is 381 cm³/mol. The van der Waals surface area contributed by atoms with E-state index >= 15 is 0 Å². The van der Waals surface area contributed by atoms with Gasteiger partial charge in [-0.1, -0.05) is 325 Å². The second kappa shape index (κ2) is 64.4. The second-order valence-electron chi connectivity index (χ2n) is 28.9. The first-order chi connectivity index (χ1) is 45.1. The van der Waals surface area contributed by atoms with Gasteiger partial charge >= 0.3 is 39.5 Å². The molecule has 0 aliphatic heterocycles. The summed E-state index contributed by atoms with van der Waals surface area (Å²) in [5, 5.41) is 10.6. The van der Waals surface area contributed by atoms with Crippen molar-refractivity contribution in [2.75, 3.05) is 39.6 Å². The van der Waals surface area contributed by atoms with E-state index in [9.17, 15) is 43.2 Å². The topological polar surface area (TPSA) is 237 Å². The van der Waals surface area contributed by atoms with Crippen LogP contribution in [0.4, 0.5) is 0 Å². The molecule has 5 atom stereocenters. The quantitative estimate of drug-likeness (QED) is 0.0222. The summed E-state index contributed by atoms with van der Waals surface area (Å²) in [5.41, 5.74) is 0. The number of unbranched alkanes of at least 4 members (excludes halogenated alkanes) is 38. The molecule has 0 aromatic carbocycles. The maximum Gasteiger partial charge on any atom is 0.472 e. The van der Waals surface area contributed by atoms with E-state index in [-0.39, 0.29) is 25.7 Å². The molecule has 3 N–H and O–H groups in total. The summed E-state index contributed by atoms with van der Waals surface area (Å²) >= 11 is 0. The number of phosphoric ester groups is 2. The average molecular weight is 1380 g/mol. The molecule has 0 radical (unpaired) electrons. The molecule has 0 rings (SSSR count). The van der Waals surface area contributed by atoms with Crippen molar-refractivity contribution in [1.29, 1.82) is 0 Å². The number of hydrogen-bond acceptors (Lipinski definition) is 15. The van der Waals surface area contributed by atoms with Gasteiger partial charge in [0.05, 0.1) is 26.4 Å². The van der Waals surface area contributed by atoms with E-state index in [1.165, 1.54) is 173 Å². The molecule has 0 amide bonds. The van der Waals surface area contributed by atoms with Crippen molar-refractivity contribution in [3.05, 3.63) is 0 Å². The molecule has 17 nitrogen and oxygen atoms in total. The highest BCUT2D eigenvalue weighted by Gasteiger charge is 2.30. The Hall–Kier alpha value is -1.94. The Kier molecular flexibility index (Phi) is 63.1. The monoisotopic (exact) mass is 1380 g/mol. The number of esters is 4. The Morgan fingerprint density at radius 2 is 0.447 bits per heavy atom. The van der Waals surface area contributed by atoms with E-state index in [0.29, 0.717) is 31.6 Å². The third-order valence-electron chi connectivity index (χ3n) is 17.3. The Labute approximate surface area is 575 Å². The maximum absolute atomic E-state index is 13.1. The first kappa shape index (κ1) is 92.1. The van der Waals surface area contributed by atoms with Gasteiger partial charge in [0.25, 0.3) is 0 Å². The van der Waals surface area contributed by atoms with Crippen LogP contribution >= 0.6 is 15.6 Å². The van der Waals surface area contributed by atoms with Crippen molar-refractivity contribution in [1.82, 2.24) is 0 Å². The molecule has 0 aromatic rings. The van der Waals surface area contributed by atoms with Crippen LogP contribution in [0.1, 0.15) is 376 Å². The van der Waals surface area contributed by atoms with Crippen molar-refractivity contribution in [2.45, 2.75) is 395 Å². The lowest BCUT2D eigenvalue weighted by Crippen LogP contribution is -2.30. The minimum atomic E-state index is -4.96. The Balaban J connectivity index is 5.21. The molecule has 0 aliphatic carbocycles. The van der Waals surface area contributed by atoms with Crippen LogP contribution < -0.4 is 0 Å². The number of rotatable bonds is 72. The summed E-state index contributed by atoms with van der Waals surface area (Å²) in [6.07, 6.45) is 48.8. The van der Waals surface area contributed by atoms with Crippen molar-refractivity contribution in [2.24, 2.45) is 23.7 Å². The Morgan fingerprint density at radius 1 is 0.266 bits per heavy atom. The minimum Gasteiger partial charge on any atom is -0.462 e. The Morgan fingerprint density at radius 3 is 0.660 bits per heavy atom. The predicted octanol–water partition coefficient (Wildman–Crippen LogP) is 21.7. The summed E-state index contributed by atoms with van der Waals surface area (Å²) in [7, 11) is -9.91. The van der Waals surface area contributed by atoms with Crippen LogP contribution in [0.25, 0.3) is 0 Å². The van der Waals surface area contributed by atoms with Crippen LogP contribution in [0.2, 0.25) is 0 Å². The van der Waals surface area contributed by atoms with Gasteiger partial charge < -0.3 is 33.8 Å². The molecule has 94 heavy (non-hydrogen) atoms. The van der Waals surface area contributed by atoms with Gasteiger partial charge in [0.2, 0.25) is 0 Å². The van der Waals surface area contributed by atoms with E-state index in [1.54, 1.807) is 0 Å². The number of carbonyl (C=O) groups is 4. The first-order valence-electron chi connectivity index (χ1n) is 38.7. The average Bonchev–Trinajstić information content (AvgIpc) is 1.52. The van der Waals surface area contributed by atoms with Gasteiger partial charge in [-0.3, -0.25) is 37.3 Å². The minimum absolute atomic E-state index is 0.106. The van der Waals surface area contributed by atoms with Gasteiger partial charge in [-0.2, -0.15) is 0 Å². The molecule has 558 valence electrons. The zero-order chi connectivity index (χ0) is 69.6. The molecule has 2 unspecified atom stereocenters. The summed E-state index contributed by atoms with van der Waals surface area (Å²) in [4.78, 5) is 72.7. The molecule has 0 aliphatic rings. The number of hydrogen-bond donors (Lipinski definition) is 3. The third kappa shape index (κ3) is 68.6. The highest BCUT2D eigenvalue weighted by atomic mass is 31.2. The largest absolute Gasteiger partial charge is 0.472 e. The first-order valence-corrected chi connectivity index (χ1v) is 41.7. The van der Waals surface area contributed by atoms with Crippen LogP contribution in [-0.4, -0.2) is 96.7 Å². The van der Waals surface area contributed by atoms with Crippen LogP contribution in [0, 0.1) is 23.7 Å². The van der Waals surface area contributed by atoms with Gasteiger partial charge in [0.1, 0.15) is 19.3 Å². The van der Waals surface area contributed by atoms with Crippen LogP contribution in [0.5, 0.6) is 0 Å². The van der Waals surface area contributed by atoms with E-state index in [2.05, 4.69) is 55.4 Å². The fourth-order valence-corrected chi connectivity index (χ4v) is 13.0. The molecule has 0 saturated heterocycles. The highest BCUT2D eigenvalue weighted by molar-refractivity contribution is 7.47. The molecule has 0 spiro atoms. The molecular weight excluding hydrogens is 1230 g/mol. The molecule has 0 saturated carbocycles. The zero-order valence-electron chi connectivity index (χ0n) is 61.6. The lowest BCUT2D eigenvalue weighted by molar-refractivity contribution is -0.161. The number of carbonyl (C=O) groups excluding carboxylic acids is 4. The van der Waals surface area contributed by atoms with Crippen LogP contribution in [0.15, 0.2) is 0 Å². The van der Waals surface area contributed by atoms with Crippen LogP contribution in [0.3, 0.4) is 0 Å². The number of ether oxygens (including phenoxy) is 4. The zero-order valence-corrected chi connectivity index (χ0v) is 63.4. The summed E-state index contributed by atoms with van der Waals surface area (Å²) in [6, 6.07) is 0. The highest BCUT2D eigenvalue weighted by Crippen LogP contribution is 2.45. The molecule has 0 bridgehead atoms. The fourth-order valence-electron chi connectivity index (χ4n) is 11.4. The van der Waals surface area contributed by atoms with Gasteiger partial charge in [0.15, 0.2) is 12.2 Å². The molecule has 0 aromatic heterocycles. The second-order valence-corrected chi connectivity index (χ2v) is 31.9. The van der Waals surface area contributed by atoms with E-state index in [4.69, 9.17) is 37.0 Å². The van der Waals surface area contributed by atoms with E-state index in [1.807, 2.05) is 0 Å². The lowest BCUT2D eigenvalue weighted by atomic mass is 10.0. The molecule has 0 fully saturated rings. The maximum atomic E-state index is 13.1. The lowest BCUT2D eigenvalue weighted by Gasteiger charge is -2.21. The summed E-state index contributed by atoms with van der Waals surface area (Å²) in [5.74, 6) is 0.872. The number of phosphoric acid groups is 2. The van der Waals surface area contributed by atoms with E-state index in [0.717, 1.165) is 114 Å². The third-order valence-corrected chi connectivity index (χ3v) is 19.2. The summed E-state index contributed by atoms with van der Waals surface area (Å²) in [6.45, 7) is 14.1. The standard InChI is InChI=1S/C75H146O17P2/c1-65(2)51-43-35-27-21-17-13-9-11-15-19-23-31-41-49-57-74(79)91-70(61-85-72(77)55-47-39-30-26-25-29-37-45-53-67(5)6)63-89-93(81,82)87-59-69(76)60-88-94(83,84)90-64-71(62-86-73(78)56-48-40-34-33-38-46-54-68(7)8)92-75(80)58-50-42-32-24-20-16-12-10-14-18-22-28-36-44-52-66(3)4/h65-71,76H,9-64H2,1-8H3,(H,81,82)(H,83,84)/t69-,70-,71-/m1/s1. The SMILES string of the molecule is CC(C)CCCCCCCCCCCCCCCCC(=O)O[C@H](COC(=O)CCCCCCCCCCC(C)C)COP(=O)(O)OC[C@@H](O)COP(=O)(O)OC[C@@H](COC(=O)CCCCCCCCC(C)C)OC(=O)CCCCCCCCCCCCCCCCC(C)C. The number of aliphatic hydroxyl groups is 1. The van der Waals surface area contributed by atoms with E-state index < -0.39 is 97.5 Å². The van der Waals surface area contributed by atoms with Gasteiger partial charge in [-0.25, -0.2) is 9.13 Å². The van der Waals surface area contributed by atoms with Gasteiger partial charge in [0, 0.05) is 25.7 Å². The van der Waals surface area contributed by atoms with Crippen LogP contribution in [-0.2, 0) is 65.4 Å². The number of aliphatic hydroxyl groups excluding tert-OH is 1. The normalized spacial score (nSPS) is 14.2. The van der Waals surface area contributed by atoms with Gasteiger partial charge in [-0.15, -0.1) is 0 Å². The molecule has 19 heteroatoms. The van der Waals surface area contributed by atoms with Crippen molar-refractivity contribution in [3.8, 4) is 0 Å². The van der Waals surface area contributed by atoms with Crippen molar-refractivity contribution >= 4 is 39.5 Å². The van der Waals surface area contributed by atoms with Gasteiger partial charge in [-0.05, 0) is 49.4 Å². The smallest absolute Gasteiger partial charge is 0.462 e.